The lowest BCUT2D eigenvalue weighted by Gasteiger charge is -2.41. The fraction of sp³-hybridized carbons (Fsp3) is 0.423. The van der Waals surface area contributed by atoms with E-state index in [1.54, 1.807) is 6.07 Å². The number of allylic oxidation sites excluding steroid dienone is 1. The Morgan fingerprint density at radius 3 is 2.77 bits per heavy atom. The molecule has 2 aliphatic rings. The molecule has 0 spiro atoms. The molecule has 4 nitrogen and oxygen atoms in total. The standard InChI is InChI=1S/C26H28N2O2/c1-4-22-16(2)12-24-25(17(3)30-26(24)29)23(22)11-10-21-9-8-20(15-28-21)19-7-5-6-18(13-19)14-27/h5-11,13,15-17,22-25H,4,12H2,1-3H3/b11-10+/t16-,17+,22+,23-,24+,25-/m0/s1. The predicted molar refractivity (Wildman–Crippen MR) is 117 cm³/mol. The number of carbonyl (C=O) groups excluding carboxylic acids is 1. The molecule has 2 fully saturated rings. The Bertz CT molecular complexity index is 989. The number of rotatable bonds is 4. The van der Waals surface area contributed by atoms with Gasteiger partial charge in [0.15, 0.2) is 0 Å². The van der Waals surface area contributed by atoms with Gasteiger partial charge in [0, 0.05) is 17.7 Å². The van der Waals surface area contributed by atoms with E-state index in [-0.39, 0.29) is 23.9 Å². The molecule has 2 aromatic rings. The fourth-order valence-electron chi connectivity index (χ4n) is 5.51. The molecule has 6 atom stereocenters. The van der Waals surface area contributed by atoms with Gasteiger partial charge in [-0.05, 0) is 60.9 Å². The predicted octanol–water partition coefficient (Wildman–Crippen LogP) is 5.49. The van der Waals surface area contributed by atoms with Crippen LogP contribution < -0.4 is 0 Å². The summed E-state index contributed by atoms with van der Waals surface area (Å²) in [5.41, 5.74) is 3.52. The molecule has 1 aliphatic heterocycles. The van der Waals surface area contributed by atoms with Gasteiger partial charge in [-0.2, -0.15) is 5.26 Å². The summed E-state index contributed by atoms with van der Waals surface area (Å²) in [4.78, 5) is 16.9. The van der Waals surface area contributed by atoms with E-state index in [9.17, 15) is 4.79 Å². The Hall–Kier alpha value is -2.93. The van der Waals surface area contributed by atoms with Crippen LogP contribution in [-0.2, 0) is 9.53 Å². The zero-order valence-corrected chi connectivity index (χ0v) is 17.8. The van der Waals surface area contributed by atoms with Crippen molar-refractivity contribution in [3.8, 4) is 17.2 Å². The van der Waals surface area contributed by atoms with Crippen LogP contribution in [0.4, 0.5) is 0 Å². The second kappa shape index (κ2) is 8.44. The van der Waals surface area contributed by atoms with Gasteiger partial charge in [0.05, 0.1) is 23.2 Å². The van der Waals surface area contributed by atoms with Gasteiger partial charge in [-0.25, -0.2) is 0 Å². The molecule has 1 aliphatic carbocycles. The number of nitrogens with zero attached hydrogens (tertiary/aromatic N) is 2. The number of nitriles is 1. The number of cyclic esters (lactones) is 1. The maximum atomic E-state index is 12.3. The fourth-order valence-corrected chi connectivity index (χ4v) is 5.51. The van der Waals surface area contributed by atoms with Crippen LogP contribution in [0.1, 0.15) is 44.9 Å². The third-order valence-electron chi connectivity index (χ3n) is 6.98. The van der Waals surface area contributed by atoms with Gasteiger partial charge in [-0.1, -0.05) is 44.5 Å². The quantitative estimate of drug-likeness (QED) is 0.636. The maximum Gasteiger partial charge on any atom is 0.309 e. The van der Waals surface area contributed by atoms with E-state index in [2.05, 4.69) is 37.1 Å². The van der Waals surface area contributed by atoms with E-state index < -0.39 is 0 Å². The number of fused-ring (bicyclic) bond motifs is 1. The van der Waals surface area contributed by atoms with Crippen molar-refractivity contribution < 1.29 is 9.53 Å². The second-order valence-corrected chi connectivity index (χ2v) is 8.71. The summed E-state index contributed by atoms with van der Waals surface area (Å²) in [6.45, 7) is 6.55. The number of hydrogen-bond acceptors (Lipinski definition) is 4. The van der Waals surface area contributed by atoms with Gasteiger partial charge >= 0.3 is 5.97 Å². The Balaban J connectivity index is 1.57. The minimum atomic E-state index is -0.0264. The largest absolute Gasteiger partial charge is 0.462 e. The van der Waals surface area contributed by atoms with Crippen molar-refractivity contribution in [2.24, 2.45) is 29.6 Å². The summed E-state index contributed by atoms with van der Waals surface area (Å²) in [6.07, 6.45) is 8.21. The molecule has 154 valence electrons. The van der Waals surface area contributed by atoms with Gasteiger partial charge in [-0.3, -0.25) is 9.78 Å². The van der Waals surface area contributed by atoms with Crippen molar-refractivity contribution in [2.75, 3.05) is 0 Å². The van der Waals surface area contributed by atoms with Crippen LogP contribution in [0.25, 0.3) is 17.2 Å². The molecule has 1 saturated heterocycles. The number of pyridine rings is 1. The Morgan fingerprint density at radius 1 is 1.23 bits per heavy atom. The molecule has 0 unspecified atom stereocenters. The van der Waals surface area contributed by atoms with Crippen molar-refractivity contribution in [3.63, 3.8) is 0 Å². The normalized spacial score (nSPS) is 30.7. The van der Waals surface area contributed by atoms with Gasteiger partial charge < -0.3 is 4.74 Å². The molecular formula is C26H28N2O2. The first-order chi connectivity index (χ1) is 14.5. The lowest BCUT2D eigenvalue weighted by Crippen LogP contribution is -2.40. The zero-order valence-electron chi connectivity index (χ0n) is 17.8. The number of esters is 1. The number of benzene rings is 1. The highest BCUT2D eigenvalue weighted by Gasteiger charge is 2.52. The van der Waals surface area contributed by atoms with E-state index >= 15 is 0 Å². The number of carbonyl (C=O) groups is 1. The first-order valence-corrected chi connectivity index (χ1v) is 10.9. The topological polar surface area (TPSA) is 63.0 Å². The van der Waals surface area contributed by atoms with E-state index in [4.69, 9.17) is 10.00 Å². The SMILES string of the molecule is CC[C@H]1[C@H](/C=C/c2ccc(-c3cccc(C#N)c3)cn2)[C@@H]2[C@@H](C)OC(=O)[C@@H]2C[C@@H]1C. The molecule has 1 saturated carbocycles. The van der Waals surface area contributed by atoms with Gasteiger partial charge in [0.2, 0.25) is 0 Å². The van der Waals surface area contributed by atoms with Gasteiger partial charge in [0.1, 0.15) is 6.10 Å². The molecule has 0 bridgehead atoms. The summed E-state index contributed by atoms with van der Waals surface area (Å²) >= 11 is 0. The molecule has 2 heterocycles. The van der Waals surface area contributed by atoms with E-state index in [0.717, 1.165) is 29.7 Å². The highest BCUT2D eigenvalue weighted by Crippen LogP contribution is 2.50. The number of ether oxygens (including phenoxy) is 1. The van der Waals surface area contributed by atoms with Crippen molar-refractivity contribution in [1.29, 1.82) is 5.26 Å². The third kappa shape index (κ3) is 3.77. The minimum Gasteiger partial charge on any atom is -0.462 e. The summed E-state index contributed by atoms with van der Waals surface area (Å²) in [6, 6.07) is 13.8. The molecule has 4 rings (SSSR count). The van der Waals surface area contributed by atoms with Crippen molar-refractivity contribution in [1.82, 2.24) is 4.98 Å². The van der Waals surface area contributed by atoms with Crippen molar-refractivity contribution in [3.05, 3.63) is 59.9 Å². The van der Waals surface area contributed by atoms with Gasteiger partial charge in [-0.15, -0.1) is 0 Å². The van der Waals surface area contributed by atoms with E-state index in [0.29, 0.717) is 23.3 Å². The van der Waals surface area contributed by atoms with Crippen molar-refractivity contribution in [2.45, 2.75) is 39.7 Å². The Morgan fingerprint density at radius 2 is 2.07 bits per heavy atom. The molecule has 1 aromatic carbocycles. The van der Waals surface area contributed by atoms with E-state index in [1.165, 1.54) is 0 Å². The molecule has 1 aromatic heterocycles. The monoisotopic (exact) mass is 400 g/mol. The summed E-state index contributed by atoms with van der Waals surface area (Å²) in [7, 11) is 0. The third-order valence-corrected chi connectivity index (χ3v) is 6.98. The molecule has 0 radical (unpaired) electrons. The summed E-state index contributed by atoms with van der Waals surface area (Å²) in [5.74, 6) is 1.63. The second-order valence-electron chi connectivity index (χ2n) is 8.71. The highest BCUT2D eigenvalue weighted by molar-refractivity contribution is 5.75. The summed E-state index contributed by atoms with van der Waals surface area (Å²) in [5, 5.41) is 9.10. The summed E-state index contributed by atoms with van der Waals surface area (Å²) < 4.78 is 5.60. The van der Waals surface area contributed by atoms with E-state index in [1.807, 2.05) is 43.5 Å². The maximum absolute atomic E-state index is 12.3. The lowest BCUT2D eigenvalue weighted by atomic mass is 9.61. The molecular weight excluding hydrogens is 372 g/mol. The molecule has 0 N–H and O–H groups in total. The number of aromatic nitrogens is 1. The van der Waals surface area contributed by atoms with Crippen LogP contribution in [0.15, 0.2) is 48.7 Å². The molecule has 30 heavy (non-hydrogen) atoms. The average molecular weight is 401 g/mol. The van der Waals surface area contributed by atoms with Crippen LogP contribution in [0.2, 0.25) is 0 Å². The molecule has 0 amide bonds. The Kier molecular flexibility index (Phi) is 5.72. The lowest BCUT2D eigenvalue weighted by molar-refractivity contribution is -0.144. The minimum absolute atomic E-state index is 0.0191. The van der Waals surface area contributed by atoms with Crippen LogP contribution in [0.5, 0.6) is 0 Å². The first-order valence-electron chi connectivity index (χ1n) is 10.9. The number of hydrogen-bond donors (Lipinski definition) is 0. The van der Waals surface area contributed by atoms with Crippen LogP contribution in [0.3, 0.4) is 0 Å². The first kappa shape index (κ1) is 20.3. The van der Waals surface area contributed by atoms with Crippen LogP contribution in [0, 0.1) is 40.9 Å². The highest BCUT2D eigenvalue weighted by atomic mass is 16.6. The van der Waals surface area contributed by atoms with Gasteiger partial charge in [0.25, 0.3) is 0 Å². The average Bonchev–Trinajstić information content (AvgIpc) is 3.05. The molecule has 4 heteroatoms. The Labute approximate surface area is 178 Å². The smallest absolute Gasteiger partial charge is 0.309 e. The van der Waals surface area contributed by atoms with Crippen LogP contribution >= 0.6 is 0 Å². The van der Waals surface area contributed by atoms with Crippen molar-refractivity contribution >= 4 is 12.0 Å². The van der Waals surface area contributed by atoms with Crippen LogP contribution in [-0.4, -0.2) is 17.1 Å². The zero-order chi connectivity index (χ0) is 21.3.